The summed E-state index contributed by atoms with van der Waals surface area (Å²) >= 11 is 0. The van der Waals surface area contributed by atoms with Gasteiger partial charge in [0.2, 0.25) is 0 Å². The molecule has 2 fully saturated rings. The lowest BCUT2D eigenvalue weighted by Gasteiger charge is -2.12. The molecule has 11 heavy (non-hydrogen) atoms. The van der Waals surface area contributed by atoms with Gasteiger partial charge >= 0.3 is 0 Å². The van der Waals surface area contributed by atoms with E-state index in [1.54, 1.807) is 6.08 Å². The van der Waals surface area contributed by atoms with Gasteiger partial charge in [-0.15, -0.1) is 6.58 Å². The zero-order valence-corrected chi connectivity index (χ0v) is 6.75. The van der Waals surface area contributed by atoms with Crippen LogP contribution in [0.3, 0.4) is 0 Å². The van der Waals surface area contributed by atoms with Gasteiger partial charge < -0.3 is 0 Å². The first-order chi connectivity index (χ1) is 5.42. The molecule has 0 saturated heterocycles. The van der Waals surface area contributed by atoms with E-state index >= 15 is 0 Å². The van der Waals surface area contributed by atoms with E-state index < -0.39 is 0 Å². The fourth-order valence-electron chi connectivity index (χ4n) is 2.06. The fourth-order valence-corrected chi connectivity index (χ4v) is 2.06. The van der Waals surface area contributed by atoms with Crippen LogP contribution < -0.4 is 5.48 Å². The van der Waals surface area contributed by atoms with E-state index in [9.17, 15) is 0 Å². The molecule has 0 aliphatic heterocycles. The van der Waals surface area contributed by atoms with Gasteiger partial charge in [-0.3, -0.25) is 4.84 Å². The molecule has 2 saturated carbocycles. The highest BCUT2D eigenvalue weighted by atomic mass is 16.6. The van der Waals surface area contributed by atoms with E-state index in [1.807, 2.05) is 0 Å². The van der Waals surface area contributed by atoms with Gasteiger partial charge in [0, 0.05) is 6.04 Å². The van der Waals surface area contributed by atoms with Gasteiger partial charge in [0.1, 0.15) is 0 Å². The number of hydroxylamine groups is 1. The Hall–Kier alpha value is -0.340. The second kappa shape index (κ2) is 2.95. The molecule has 0 aromatic carbocycles. The van der Waals surface area contributed by atoms with E-state index in [0.717, 1.165) is 11.8 Å². The summed E-state index contributed by atoms with van der Waals surface area (Å²) in [6.45, 7) is 4.21. The summed E-state index contributed by atoms with van der Waals surface area (Å²) in [4.78, 5) is 5.20. The minimum absolute atomic E-state index is 0.619. The summed E-state index contributed by atoms with van der Waals surface area (Å²) < 4.78 is 0. The van der Waals surface area contributed by atoms with Gasteiger partial charge in [-0.25, -0.2) is 0 Å². The molecule has 2 nitrogen and oxygen atoms in total. The fraction of sp³-hybridized carbons (Fsp3) is 0.778. The summed E-state index contributed by atoms with van der Waals surface area (Å²) in [6, 6.07) is 0.639. The maximum absolute atomic E-state index is 5.20. The standard InChI is InChI=1S/C9H15NO/c1-2-5-11-10-9-4-3-7-6-8(7)9/h2,7-10H,1,3-6H2. The summed E-state index contributed by atoms with van der Waals surface area (Å²) in [7, 11) is 0. The van der Waals surface area contributed by atoms with Crippen LogP contribution in [0.2, 0.25) is 0 Å². The molecular weight excluding hydrogens is 138 g/mol. The minimum atomic E-state index is 0.619. The smallest absolute Gasteiger partial charge is 0.0861 e. The monoisotopic (exact) mass is 153 g/mol. The number of hydrogen-bond acceptors (Lipinski definition) is 2. The Labute approximate surface area is 67.6 Å². The van der Waals surface area contributed by atoms with Gasteiger partial charge in [0.05, 0.1) is 6.61 Å². The Kier molecular flexibility index (Phi) is 1.96. The number of nitrogens with one attached hydrogen (secondary N) is 1. The predicted molar refractivity (Wildman–Crippen MR) is 43.9 cm³/mol. The van der Waals surface area contributed by atoms with E-state index in [2.05, 4.69) is 12.1 Å². The van der Waals surface area contributed by atoms with Gasteiger partial charge in [-0.1, -0.05) is 6.08 Å². The van der Waals surface area contributed by atoms with Crippen LogP contribution in [-0.2, 0) is 4.84 Å². The zero-order chi connectivity index (χ0) is 7.68. The Morgan fingerprint density at radius 2 is 2.45 bits per heavy atom. The molecular formula is C9H15NO. The number of fused-ring (bicyclic) bond motifs is 1. The average Bonchev–Trinajstić information content (AvgIpc) is 2.70. The number of hydrogen-bond donors (Lipinski definition) is 1. The molecule has 0 heterocycles. The molecule has 62 valence electrons. The Morgan fingerprint density at radius 3 is 3.00 bits per heavy atom. The van der Waals surface area contributed by atoms with Crippen LogP contribution in [0.25, 0.3) is 0 Å². The first-order valence-electron chi connectivity index (χ1n) is 4.40. The van der Waals surface area contributed by atoms with Crippen molar-refractivity contribution in [1.29, 1.82) is 0 Å². The highest BCUT2D eigenvalue weighted by Crippen LogP contribution is 2.51. The highest BCUT2D eigenvalue weighted by molar-refractivity contribution is 5.00. The molecule has 2 aliphatic rings. The minimum Gasteiger partial charge on any atom is -0.297 e. The molecule has 0 bridgehead atoms. The lowest BCUT2D eigenvalue weighted by Crippen LogP contribution is -2.29. The van der Waals surface area contributed by atoms with Crippen molar-refractivity contribution in [3.63, 3.8) is 0 Å². The van der Waals surface area contributed by atoms with Gasteiger partial charge in [0.25, 0.3) is 0 Å². The van der Waals surface area contributed by atoms with E-state index in [0.29, 0.717) is 12.6 Å². The summed E-state index contributed by atoms with van der Waals surface area (Å²) in [5, 5.41) is 0. The lowest BCUT2D eigenvalue weighted by atomic mass is 10.2. The van der Waals surface area contributed by atoms with Crippen LogP contribution in [0.4, 0.5) is 0 Å². The molecule has 2 rings (SSSR count). The van der Waals surface area contributed by atoms with Crippen molar-refractivity contribution < 1.29 is 4.84 Å². The predicted octanol–water partition coefficient (Wildman–Crippen LogP) is 1.49. The van der Waals surface area contributed by atoms with Gasteiger partial charge in [0.15, 0.2) is 0 Å². The summed E-state index contributed by atoms with van der Waals surface area (Å²) in [5.74, 6) is 1.96. The van der Waals surface area contributed by atoms with E-state index in [-0.39, 0.29) is 0 Å². The van der Waals surface area contributed by atoms with Crippen LogP contribution >= 0.6 is 0 Å². The third-order valence-electron chi connectivity index (χ3n) is 2.78. The topological polar surface area (TPSA) is 21.3 Å². The Balaban J connectivity index is 1.66. The normalized spacial score (nSPS) is 40.2. The molecule has 0 amide bonds. The Bertz CT molecular complexity index is 158. The van der Waals surface area contributed by atoms with Crippen LogP contribution in [0.15, 0.2) is 12.7 Å². The largest absolute Gasteiger partial charge is 0.297 e. The molecule has 1 N–H and O–H groups in total. The molecule has 3 atom stereocenters. The van der Waals surface area contributed by atoms with Crippen molar-refractivity contribution in [1.82, 2.24) is 5.48 Å². The van der Waals surface area contributed by atoms with Crippen molar-refractivity contribution in [3.05, 3.63) is 12.7 Å². The van der Waals surface area contributed by atoms with Crippen molar-refractivity contribution in [2.24, 2.45) is 11.8 Å². The average molecular weight is 153 g/mol. The first kappa shape index (κ1) is 7.32. The van der Waals surface area contributed by atoms with Crippen LogP contribution in [-0.4, -0.2) is 12.6 Å². The van der Waals surface area contributed by atoms with Gasteiger partial charge in [-0.05, 0) is 31.1 Å². The molecule has 0 spiro atoms. The lowest BCUT2D eigenvalue weighted by molar-refractivity contribution is 0.0310. The molecule has 3 unspecified atom stereocenters. The molecule has 2 aliphatic carbocycles. The van der Waals surface area contributed by atoms with E-state index in [4.69, 9.17) is 4.84 Å². The molecule has 0 aromatic heterocycles. The summed E-state index contributed by atoms with van der Waals surface area (Å²) in [6.07, 6.45) is 5.90. The molecule has 0 radical (unpaired) electrons. The van der Waals surface area contributed by atoms with E-state index in [1.165, 1.54) is 19.3 Å². The van der Waals surface area contributed by atoms with Crippen LogP contribution in [0.1, 0.15) is 19.3 Å². The second-order valence-corrected chi connectivity index (χ2v) is 3.56. The van der Waals surface area contributed by atoms with Crippen LogP contribution in [0.5, 0.6) is 0 Å². The van der Waals surface area contributed by atoms with Gasteiger partial charge in [-0.2, -0.15) is 5.48 Å². The molecule has 2 heteroatoms. The maximum Gasteiger partial charge on any atom is 0.0861 e. The molecule has 0 aromatic rings. The summed E-state index contributed by atoms with van der Waals surface area (Å²) in [5.41, 5.74) is 3.10. The van der Waals surface area contributed by atoms with Crippen molar-refractivity contribution in [2.45, 2.75) is 25.3 Å². The Morgan fingerprint density at radius 1 is 1.55 bits per heavy atom. The zero-order valence-electron chi connectivity index (χ0n) is 6.75. The van der Waals surface area contributed by atoms with Crippen molar-refractivity contribution in [2.75, 3.05) is 6.61 Å². The third-order valence-corrected chi connectivity index (χ3v) is 2.78. The van der Waals surface area contributed by atoms with Crippen molar-refractivity contribution >= 4 is 0 Å². The quantitative estimate of drug-likeness (QED) is 0.375. The maximum atomic E-state index is 5.20. The first-order valence-corrected chi connectivity index (χ1v) is 4.40. The SMILES string of the molecule is C=CCONC1CCC2CC21. The van der Waals surface area contributed by atoms with Crippen LogP contribution in [0, 0.1) is 11.8 Å². The third kappa shape index (κ3) is 1.47. The highest BCUT2D eigenvalue weighted by Gasteiger charge is 2.47. The second-order valence-electron chi connectivity index (χ2n) is 3.56. The number of rotatable bonds is 4. The van der Waals surface area contributed by atoms with Crippen molar-refractivity contribution in [3.8, 4) is 0 Å².